The quantitative estimate of drug-likeness (QED) is 0.605. The number of nitrogens with two attached hydrogens (primary N) is 2. The summed E-state index contributed by atoms with van der Waals surface area (Å²) < 4.78 is 0. The third-order valence-corrected chi connectivity index (χ3v) is 2.34. The summed E-state index contributed by atoms with van der Waals surface area (Å²) in [6.07, 6.45) is 0. The third-order valence-electron chi connectivity index (χ3n) is 2.34. The van der Waals surface area contributed by atoms with Crippen molar-refractivity contribution >= 4 is 41.4 Å². The molecule has 21 heavy (non-hydrogen) atoms. The van der Waals surface area contributed by atoms with Gasteiger partial charge >= 0.3 is 0 Å². The number of amides is 2. The first kappa shape index (κ1) is 19.0. The number of carbonyl (C=O) groups is 2. The Kier molecular flexibility index (Phi) is 8.15. The summed E-state index contributed by atoms with van der Waals surface area (Å²) in [4.78, 5) is 21.0. The van der Waals surface area contributed by atoms with Crippen LogP contribution in [0.3, 0.4) is 0 Å². The summed E-state index contributed by atoms with van der Waals surface area (Å²) in [7, 11) is 0. The maximum absolute atomic E-state index is 10.5. The molecule has 1 radical (unpaired) electrons. The maximum Gasteiger partial charge on any atom is 0.252 e. The van der Waals surface area contributed by atoms with E-state index in [2.05, 4.69) is 0 Å². The summed E-state index contributed by atoms with van der Waals surface area (Å²) in [5.74, 6) is -1.37. The van der Waals surface area contributed by atoms with Gasteiger partial charge < -0.3 is 21.7 Å². The number of rotatable bonds is 2. The molecule has 6 nitrogen and oxygen atoms in total. The molecule has 0 saturated heterocycles. The molecule has 0 unspecified atom stereocenters. The van der Waals surface area contributed by atoms with Gasteiger partial charge in [0.05, 0.1) is 11.1 Å². The van der Waals surface area contributed by atoms with Crippen molar-refractivity contribution in [3.8, 4) is 11.5 Å². The number of phenols is 2. The molecule has 0 fully saturated rings. The first-order valence-corrected chi connectivity index (χ1v) is 5.59. The topological polar surface area (TPSA) is 127 Å². The van der Waals surface area contributed by atoms with E-state index in [4.69, 9.17) is 21.7 Å². The van der Waals surface area contributed by atoms with Gasteiger partial charge in [0.2, 0.25) is 0 Å². The maximum atomic E-state index is 10.5. The molecule has 2 aromatic rings. The fourth-order valence-corrected chi connectivity index (χ4v) is 1.36. The van der Waals surface area contributed by atoms with Crippen molar-refractivity contribution in [3.63, 3.8) is 0 Å². The SMILES string of the molecule is NC(=O)c1ccccc1O.NC(=O)c1ccccc1O.[Na]. The van der Waals surface area contributed by atoms with Crippen LogP contribution < -0.4 is 11.5 Å². The molecule has 0 aliphatic carbocycles. The number of aromatic hydroxyl groups is 2. The predicted molar refractivity (Wildman–Crippen MR) is 79.0 cm³/mol. The van der Waals surface area contributed by atoms with Crippen molar-refractivity contribution in [1.82, 2.24) is 0 Å². The molecule has 105 valence electrons. The molecule has 0 aliphatic heterocycles. The van der Waals surface area contributed by atoms with E-state index >= 15 is 0 Å². The number of benzene rings is 2. The molecular formula is C14H14N2NaO4. The van der Waals surface area contributed by atoms with Crippen molar-refractivity contribution in [1.29, 1.82) is 0 Å². The van der Waals surface area contributed by atoms with Gasteiger partial charge in [-0.15, -0.1) is 0 Å². The van der Waals surface area contributed by atoms with E-state index in [1.165, 1.54) is 24.3 Å². The predicted octanol–water partition coefficient (Wildman–Crippen LogP) is 0.601. The minimum Gasteiger partial charge on any atom is -0.507 e. The second kappa shape index (κ2) is 9.02. The summed E-state index contributed by atoms with van der Waals surface area (Å²) in [5, 5.41) is 18.0. The molecule has 0 atom stereocenters. The van der Waals surface area contributed by atoms with E-state index in [0.29, 0.717) is 0 Å². The van der Waals surface area contributed by atoms with Crippen LogP contribution in [0.2, 0.25) is 0 Å². The van der Waals surface area contributed by atoms with Gasteiger partial charge in [-0.2, -0.15) is 0 Å². The monoisotopic (exact) mass is 297 g/mol. The van der Waals surface area contributed by atoms with Gasteiger partial charge in [0.1, 0.15) is 11.5 Å². The Morgan fingerprint density at radius 1 is 0.714 bits per heavy atom. The number of primary amides is 2. The first-order chi connectivity index (χ1) is 9.43. The third kappa shape index (κ3) is 5.86. The zero-order valence-corrected chi connectivity index (χ0v) is 13.5. The van der Waals surface area contributed by atoms with Crippen LogP contribution in [0, 0.1) is 0 Å². The molecule has 7 heteroatoms. The second-order valence-corrected chi connectivity index (χ2v) is 3.76. The number of hydrogen-bond donors (Lipinski definition) is 4. The van der Waals surface area contributed by atoms with Crippen molar-refractivity contribution < 1.29 is 19.8 Å². The van der Waals surface area contributed by atoms with Crippen LogP contribution in [0.5, 0.6) is 11.5 Å². The van der Waals surface area contributed by atoms with Crippen molar-refractivity contribution in [2.75, 3.05) is 0 Å². The van der Waals surface area contributed by atoms with E-state index < -0.39 is 11.8 Å². The van der Waals surface area contributed by atoms with Crippen LogP contribution in [0.1, 0.15) is 20.7 Å². The van der Waals surface area contributed by atoms with Gasteiger partial charge in [0, 0.05) is 29.6 Å². The minimum atomic E-state index is -0.613. The van der Waals surface area contributed by atoms with E-state index in [9.17, 15) is 9.59 Å². The van der Waals surface area contributed by atoms with Gasteiger partial charge in [0.25, 0.3) is 11.8 Å². The number of carbonyl (C=O) groups excluding carboxylic acids is 2. The summed E-state index contributed by atoms with van der Waals surface area (Å²) in [6.45, 7) is 0. The number of para-hydroxylation sites is 2. The van der Waals surface area contributed by atoms with Gasteiger partial charge in [-0.05, 0) is 24.3 Å². The number of hydrogen-bond acceptors (Lipinski definition) is 4. The van der Waals surface area contributed by atoms with Crippen LogP contribution in [0.4, 0.5) is 0 Å². The second-order valence-electron chi connectivity index (χ2n) is 3.76. The van der Waals surface area contributed by atoms with E-state index in [1.54, 1.807) is 24.3 Å². The van der Waals surface area contributed by atoms with Crippen LogP contribution >= 0.6 is 0 Å². The standard InChI is InChI=1S/2C7H7NO2.Na/c2*8-7(10)5-3-1-2-4-6(5)9;/h2*1-4,9H,(H2,8,10);. The van der Waals surface area contributed by atoms with Gasteiger partial charge in [-0.1, -0.05) is 24.3 Å². The van der Waals surface area contributed by atoms with Crippen LogP contribution in [0.25, 0.3) is 0 Å². The summed E-state index contributed by atoms with van der Waals surface area (Å²) in [5.41, 5.74) is 10.1. The largest absolute Gasteiger partial charge is 0.507 e. The van der Waals surface area contributed by atoms with Gasteiger partial charge in [-0.3, -0.25) is 9.59 Å². The molecular weight excluding hydrogens is 283 g/mol. The molecule has 0 spiro atoms. The van der Waals surface area contributed by atoms with Crippen molar-refractivity contribution in [2.24, 2.45) is 11.5 Å². The Morgan fingerprint density at radius 2 is 1.00 bits per heavy atom. The van der Waals surface area contributed by atoms with Gasteiger partial charge in [-0.25, -0.2) is 0 Å². The Bertz CT molecular complexity index is 576. The fourth-order valence-electron chi connectivity index (χ4n) is 1.36. The zero-order valence-electron chi connectivity index (χ0n) is 11.5. The average Bonchev–Trinajstić information content (AvgIpc) is 2.40. The van der Waals surface area contributed by atoms with Gasteiger partial charge in [0.15, 0.2) is 0 Å². The molecule has 0 aromatic heterocycles. The van der Waals surface area contributed by atoms with E-state index in [-0.39, 0.29) is 52.2 Å². The van der Waals surface area contributed by atoms with Crippen LogP contribution in [-0.2, 0) is 0 Å². The molecule has 2 rings (SSSR count). The molecule has 2 aromatic carbocycles. The Hall–Kier alpha value is -2.02. The molecule has 0 bridgehead atoms. The molecule has 0 heterocycles. The molecule has 2 amide bonds. The van der Waals surface area contributed by atoms with E-state index in [1.807, 2.05) is 0 Å². The molecule has 6 N–H and O–H groups in total. The first-order valence-electron chi connectivity index (χ1n) is 5.59. The normalized spacial score (nSPS) is 8.76. The Morgan fingerprint density at radius 3 is 1.19 bits per heavy atom. The minimum absolute atomic E-state index is 0. The molecule has 0 saturated carbocycles. The zero-order chi connectivity index (χ0) is 15.1. The fraction of sp³-hybridized carbons (Fsp3) is 0. The van der Waals surface area contributed by atoms with E-state index in [0.717, 1.165) is 0 Å². The molecule has 0 aliphatic rings. The van der Waals surface area contributed by atoms with Crippen LogP contribution in [0.15, 0.2) is 48.5 Å². The van der Waals surface area contributed by atoms with Crippen molar-refractivity contribution in [3.05, 3.63) is 59.7 Å². The Balaban J connectivity index is 0.000000364. The summed E-state index contributed by atoms with van der Waals surface area (Å²) in [6, 6.07) is 12.3. The summed E-state index contributed by atoms with van der Waals surface area (Å²) >= 11 is 0. The average molecular weight is 297 g/mol. The Labute approximate surface area is 143 Å². The van der Waals surface area contributed by atoms with Crippen molar-refractivity contribution in [2.45, 2.75) is 0 Å². The smallest absolute Gasteiger partial charge is 0.252 e. The van der Waals surface area contributed by atoms with Crippen LogP contribution in [-0.4, -0.2) is 51.6 Å².